The normalized spacial score (nSPS) is 10.5. The van der Waals surface area contributed by atoms with Gasteiger partial charge in [-0.3, -0.25) is 0 Å². The van der Waals surface area contributed by atoms with Gasteiger partial charge in [0.2, 0.25) is 5.89 Å². The van der Waals surface area contributed by atoms with Gasteiger partial charge in [0.05, 0.1) is 5.69 Å². The fourth-order valence-corrected chi connectivity index (χ4v) is 2.42. The van der Waals surface area contributed by atoms with Crippen molar-refractivity contribution in [3.8, 4) is 11.5 Å². The van der Waals surface area contributed by atoms with E-state index in [0.29, 0.717) is 41.7 Å². The summed E-state index contributed by atoms with van der Waals surface area (Å²) < 4.78 is 18.3. The Labute approximate surface area is 155 Å². The second-order valence-electron chi connectivity index (χ2n) is 5.64. The van der Waals surface area contributed by atoms with Crippen LogP contribution in [0, 0.1) is 5.82 Å². The first-order chi connectivity index (χ1) is 12.6. The van der Waals surface area contributed by atoms with E-state index in [1.165, 1.54) is 18.4 Å². The first kappa shape index (κ1) is 17.9. The van der Waals surface area contributed by atoms with Crippen LogP contribution in [0.3, 0.4) is 0 Å². The Hall–Kier alpha value is -2.86. The third-order valence-corrected chi connectivity index (χ3v) is 3.93. The molecule has 2 N–H and O–H groups in total. The molecule has 0 fully saturated rings. The van der Waals surface area contributed by atoms with Gasteiger partial charge >= 0.3 is 6.03 Å². The number of hydrogen-bond acceptors (Lipinski definition) is 3. The zero-order valence-electron chi connectivity index (χ0n) is 13.8. The molecule has 2 amide bonds. The summed E-state index contributed by atoms with van der Waals surface area (Å²) in [4.78, 5) is 16.1. The van der Waals surface area contributed by atoms with Gasteiger partial charge in [0, 0.05) is 30.1 Å². The Morgan fingerprint density at radius 2 is 1.81 bits per heavy atom. The highest BCUT2D eigenvalue weighted by molar-refractivity contribution is 6.30. The van der Waals surface area contributed by atoms with Gasteiger partial charge in [-0.25, -0.2) is 14.2 Å². The molecule has 1 aromatic heterocycles. The maximum atomic E-state index is 12.9. The van der Waals surface area contributed by atoms with E-state index >= 15 is 0 Å². The molecule has 0 saturated heterocycles. The number of aromatic nitrogens is 1. The van der Waals surface area contributed by atoms with Crippen molar-refractivity contribution in [3.05, 3.63) is 76.9 Å². The van der Waals surface area contributed by atoms with Gasteiger partial charge in [-0.2, -0.15) is 0 Å². The predicted molar refractivity (Wildman–Crippen MR) is 97.3 cm³/mol. The average Bonchev–Trinajstić information content (AvgIpc) is 3.11. The van der Waals surface area contributed by atoms with Crippen molar-refractivity contribution < 1.29 is 13.6 Å². The smallest absolute Gasteiger partial charge is 0.315 e. The van der Waals surface area contributed by atoms with E-state index in [4.69, 9.17) is 16.0 Å². The summed E-state index contributed by atoms with van der Waals surface area (Å²) in [5.41, 5.74) is 2.37. The average molecular weight is 374 g/mol. The van der Waals surface area contributed by atoms with Crippen molar-refractivity contribution in [2.24, 2.45) is 0 Å². The molecule has 3 aromatic rings. The lowest BCUT2D eigenvalue weighted by Crippen LogP contribution is -2.36. The van der Waals surface area contributed by atoms with E-state index < -0.39 is 0 Å². The largest absolute Gasteiger partial charge is 0.444 e. The minimum absolute atomic E-state index is 0.262. The Kier molecular flexibility index (Phi) is 5.86. The summed E-state index contributed by atoms with van der Waals surface area (Å²) in [6, 6.07) is 12.9. The maximum Gasteiger partial charge on any atom is 0.315 e. The highest BCUT2D eigenvalue weighted by Crippen LogP contribution is 2.19. The van der Waals surface area contributed by atoms with Crippen LogP contribution in [0.4, 0.5) is 9.18 Å². The molecule has 134 valence electrons. The van der Waals surface area contributed by atoms with Crippen LogP contribution in [0.5, 0.6) is 0 Å². The van der Waals surface area contributed by atoms with E-state index in [1.807, 2.05) is 12.1 Å². The molecule has 0 aliphatic carbocycles. The van der Waals surface area contributed by atoms with Gasteiger partial charge in [0.15, 0.2) is 0 Å². The fraction of sp³-hybridized carbons (Fsp3) is 0.158. The van der Waals surface area contributed by atoms with Crippen molar-refractivity contribution in [2.75, 3.05) is 6.54 Å². The number of nitrogens with zero attached hydrogens (tertiary/aromatic N) is 1. The number of halogens is 2. The third kappa shape index (κ3) is 5.07. The van der Waals surface area contributed by atoms with E-state index in [2.05, 4.69) is 15.6 Å². The molecular weight excluding hydrogens is 357 g/mol. The van der Waals surface area contributed by atoms with Crippen molar-refractivity contribution in [3.63, 3.8) is 0 Å². The fourth-order valence-electron chi connectivity index (χ4n) is 2.30. The highest BCUT2D eigenvalue weighted by Gasteiger charge is 2.07. The number of oxazole rings is 1. The molecule has 0 aliphatic rings. The molecule has 0 saturated carbocycles. The molecule has 3 rings (SSSR count). The van der Waals surface area contributed by atoms with Crippen molar-refractivity contribution in [1.82, 2.24) is 15.6 Å². The lowest BCUT2D eigenvalue weighted by Gasteiger charge is -2.07. The summed E-state index contributed by atoms with van der Waals surface area (Å²) in [6.45, 7) is 0.837. The zero-order chi connectivity index (χ0) is 18.4. The van der Waals surface area contributed by atoms with Gasteiger partial charge in [0.1, 0.15) is 12.1 Å². The number of amides is 2. The van der Waals surface area contributed by atoms with Crippen LogP contribution >= 0.6 is 11.6 Å². The lowest BCUT2D eigenvalue weighted by atomic mass is 10.2. The minimum Gasteiger partial charge on any atom is -0.444 e. The van der Waals surface area contributed by atoms with Gasteiger partial charge < -0.3 is 15.1 Å². The van der Waals surface area contributed by atoms with Crippen LogP contribution in [0.25, 0.3) is 11.5 Å². The molecule has 5 nitrogen and oxygen atoms in total. The van der Waals surface area contributed by atoms with Gasteiger partial charge in [-0.15, -0.1) is 0 Å². The van der Waals surface area contributed by atoms with Crippen LogP contribution in [0.15, 0.2) is 59.2 Å². The molecule has 0 spiro atoms. The number of carbonyl (C=O) groups excluding carboxylic acids is 1. The highest BCUT2D eigenvalue weighted by atomic mass is 35.5. The lowest BCUT2D eigenvalue weighted by molar-refractivity contribution is 0.240. The first-order valence-corrected chi connectivity index (χ1v) is 8.44. The van der Waals surface area contributed by atoms with E-state index in [-0.39, 0.29) is 11.8 Å². The van der Waals surface area contributed by atoms with Gasteiger partial charge in [-0.1, -0.05) is 23.7 Å². The van der Waals surface area contributed by atoms with E-state index in [9.17, 15) is 9.18 Å². The molecule has 0 unspecified atom stereocenters. The Morgan fingerprint density at radius 1 is 1.08 bits per heavy atom. The molecule has 2 aromatic carbocycles. The molecule has 0 radical (unpaired) electrons. The van der Waals surface area contributed by atoms with Crippen LogP contribution in [0.1, 0.15) is 11.3 Å². The Bertz CT molecular complexity index is 863. The topological polar surface area (TPSA) is 67.2 Å². The molecule has 7 heteroatoms. The summed E-state index contributed by atoms with van der Waals surface area (Å²) in [7, 11) is 0. The molecule has 0 bridgehead atoms. The van der Waals surface area contributed by atoms with Crippen LogP contribution in [0.2, 0.25) is 5.02 Å². The number of rotatable bonds is 6. The number of hydrogen-bond donors (Lipinski definition) is 2. The van der Waals surface area contributed by atoms with Crippen LogP contribution in [-0.4, -0.2) is 17.6 Å². The monoisotopic (exact) mass is 373 g/mol. The van der Waals surface area contributed by atoms with E-state index in [0.717, 1.165) is 5.56 Å². The number of benzene rings is 2. The van der Waals surface area contributed by atoms with Crippen molar-refractivity contribution >= 4 is 17.6 Å². The Balaban J connectivity index is 1.42. The predicted octanol–water partition coefficient (Wildman–Crippen LogP) is 4.18. The number of urea groups is 1. The summed E-state index contributed by atoms with van der Waals surface area (Å²) in [5.74, 6) is 0.113. The minimum atomic E-state index is -0.311. The second-order valence-corrected chi connectivity index (χ2v) is 6.07. The standard InChI is InChI=1S/C19H17ClFN3O2/c20-15-5-1-13(2-6-15)11-23-19(25)22-10-9-17-12-26-18(24-17)14-3-7-16(21)8-4-14/h1-8,12H,9-11H2,(H2,22,23,25). The maximum absolute atomic E-state index is 12.9. The second kappa shape index (κ2) is 8.49. The van der Waals surface area contributed by atoms with Crippen LogP contribution in [-0.2, 0) is 13.0 Å². The number of carbonyl (C=O) groups is 1. The third-order valence-electron chi connectivity index (χ3n) is 3.68. The van der Waals surface area contributed by atoms with Gasteiger partial charge in [-0.05, 0) is 42.0 Å². The zero-order valence-corrected chi connectivity index (χ0v) is 14.6. The van der Waals surface area contributed by atoms with Crippen LogP contribution < -0.4 is 10.6 Å². The quantitative estimate of drug-likeness (QED) is 0.681. The molecular formula is C19H17ClFN3O2. The molecule has 0 atom stereocenters. The summed E-state index contributed by atoms with van der Waals surface area (Å²) in [6.07, 6.45) is 2.06. The van der Waals surface area contributed by atoms with Gasteiger partial charge in [0.25, 0.3) is 0 Å². The van der Waals surface area contributed by atoms with E-state index in [1.54, 1.807) is 24.3 Å². The molecule has 26 heavy (non-hydrogen) atoms. The number of nitrogens with one attached hydrogen (secondary N) is 2. The van der Waals surface area contributed by atoms with Crippen molar-refractivity contribution in [1.29, 1.82) is 0 Å². The molecule has 0 aliphatic heterocycles. The summed E-state index contributed by atoms with van der Waals surface area (Å²) in [5, 5.41) is 6.19. The van der Waals surface area contributed by atoms with Crippen molar-refractivity contribution in [2.45, 2.75) is 13.0 Å². The SMILES string of the molecule is O=C(NCCc1coc(-c2ccc(F)cc2)n1)NCc1ccc(Cl)cc1. The summed E-state index contributed by atoms with van der Waals surface area (Å²) >= 11 is 5.82. The molecule has 1 heterocycles. The Morgan fingerprint density at radius 3 is 2.54 bits per heavy atom. The first-order valence-electron chi connectivity index (χ1n) is 8.06.